The van der Waals surface area contributed by atoms with Crippen molar-refractivity contribution in [1.29, 1.82) is 0 Å². The van der Waals surface area contributed by atoms with Gasteiger partial charge in [-0.05, 0) is 55.7 Å². The molecule has 1 amide bonds. The van der Waals surface area contributed by atoms with Gasteiger partial charge in [0.2, 0.25) is 0 Å². The van der Waals surface area contributed by atoms with Gasteiger partial charge in [0, 0.05) is 6.54 Å². The van der Waals surface area contributed by atoms with Crippen LogP contribution in [0.25, 0.3) is 10.8 Å². The second kappa shape index (κ2) is 7.47. The van der Waals surface area contributed by atoms with Gasteiger partial charge in [-0.3, -0.25) is 4.79 Å². The molecule has 122 valence electrons. The summed E-state index contributed by atoms with van der Waals surface area (Å²) in [4.78, 5) is 14.9. The molecule has 0 atom stereocenters. The molecule has 1 heterocycles. The van der Waals surface area contributed by atoms with Gasteiger partial charge in [-0.15, -0.1) is 0 Å². The number of nitrogens with zero attached hydrogens (tertiary/aromatic N) is 1. The number of carbonyl (C=O) groups is 1. The van der Waals surface area contributed by atoms with E-state index in [9.17, 15) is 9.90 Å². The van der Waals surface area contributed by atoms with E-state index in [0.29, 0.717) is 12.1 Å². The average Bonchev–Trinajstić information content (AvgIpc) is 2.59. The minimum Gasteiger partial charge on any atom is -0.507 e. The molecule has 23 heavy (non-hydrogen) atoms. The number of nitrogens with one attached hydrogen (secondary N) is 1. The summed E-state index contributed by atoms with van der Waals surface area (Å²) < 4.78 is 0. The number of rotatable bonds is 5. The lowest BCUT2D eigenvalue weighted by Crippen LogP contribution is -2.33. The van der Waals surface area contributed by atoms with Gasteiger partial charge in [-0.25, -0.2) is 0 Å². The number of fused-ring (bicyclic) bond motifs is 1. The standard InChI is InChI=1S/C19H24N2O2/c22-17-10-9-15-7-2-3-8-16(15)18(17)19(23)20-11-6-14-21-12-4-1-5-13-21/h2-3,7-10,22H,1,4-6,11-14H2,(H,20,23). The van der Waals surface area contributed by atoms with E-state index in [1.165, 1.54) is 32.4 Å². The monoisotopic (exact) mass is 312 g/mol. The predicted octanol–water partition coefficient (Wildman–Crippen LogP) is 3.15. The highest BCUT2D eigenvalue weighted by atomic mass is 16.3. The first-order chi connectivity index (χ1) is 11.3. The molecular weight excluding hydrogens is 288 g/mol. The number of likely N-dealkylation sites (tertiary alicyclic amines) is 1. The minimum absolute atomic E-state index is 0.0391. The van der Waals surface area contributed by atoms with Crippen molar-refractivity contribution < 1.29 is 9.90 Å². The Morgan fingerprint density at radius 1 is 1.09 bits per heavy atom. The van der Waals surface area contributed by atoms with E-state index in [1.54, 1.807) is 6.07 Å². The van der Waals surface area contributed by atoms with E-state index in [0.717, 1.165) is 23.7 Å². The lowest BCUT2D eigenvalue weighted by Gasteiger charge is -2.26. The van der Waals surface area contributed by atoms with Crippen LogP contribution < -0.4 is 5.32 Å². The van der Waals surface area contributed by atoms with Crippen molar-refractivity contribution in [2.45, 2.75) is 25.7 Å². The summed E-state index contributed by atoms with van der Waals surface area (Å²) in [6.45, 7) is 4.02. The topological polar surface area (TPSA) is 52.6 Å². The van der Waals surface area contributed by atoms with Crippen LogP contribution in [0.3, 0.4) is 0 Å². The molecule has 0 radical (unpaired) electrons. The van der Waals surface area contributed by atoms with Gasteiger partial charge in [-0.2, -0.15) is 0 Å². The highest BCUT2D eigenvalue weighted by Gasteiger charge is 2.15. The maximum Gasteiger partial charge on any atom is 0.255 e. The Morgan fingerprint density at radius 2 is 1.87 bits per heavy atom. The van der Waals surface area contributed by atoms with E-state index in [1.807, 2.05) is 30.3 Å². The van der Waals surface area contributed by atoms with Gasteiger partial charge in [0.1, 0.15) is 5.75 Å². The lowest BCUT2D eigenvalue weighted by molar-refractivity contribution is 0.0950. The van der Waals surface area contributed by atoms with Crippen LogP contribution in [0.15, 0.2) is 36.4 Å². The molecule has 1 saturated heterocycles. The third-order valence-corrected chi connectivity index (χ3v) is 4.52. The van der Waals surface area contributed by atoms with Crippen LogP contribution in [-0.2, 0) is 0 Å². The van der Waals surface area contributed by atoms with Crippen molar-refractivity contribution in [3.8, 4) is 5.75 Å². The third-order valence-electron chi connectivity index (χ3n) is 4.52. The van der Waals surface area contributed by atoms with Gasteiger partial charge >= 0.3 is 0 Å². The molecule has 0 spiro atoms. The first kappa shape index (κ1) is 15.8. The predicted molar refractivity (Wildman–Crippen MR) is 92.9 cm³/mol. The summed E-state index contributed by atoms with van der Waals surface area (Å²) in [6.07, 6.45) is 4.86. The number of phenols is 1. The van der Waals surface area contributed by atoms with Gasteiger partial charge in [-0.1, -0.05) is 36.8 Å². The van der Waals surface area contributed by atoms with Crippen molar-refractivity contribution in [2.24, 2.45) is 0 Å². The largest absolute Gasteiger partial charge is 0.507 e. The summed E-state index contributed by atoms with van der Waals surface area (Å²) in [7, 11) is 0. The number of carbonyl (C=O) groups excluding carboxylic acids is 1. The van der Waals surface area contributed by atoms with Crippen LogP contribution >= 0.6 is 0 Å². The summed E-state index contributed by atoms with van der Waals surface area (Å²) in [5, 5.41) is 14.8. The Bertz CT molecular complexity index is 678. The zero-order valence-corrected chi connectivity index (χ0v) is 13.4. The zero-order valence-electron chi connectivity index (χ0n) is 13.4. The Labute approximate surface area is 137 Å². The summed E-state index contributed by atoms with van der Waals surface area (Å²) >= 11 is 0. The van der Waals surface area contributed by atoms with Crippen molar-refractivity contribution in [3.05, 3.63) is 42.0 Å². The molecule has 3 rings (SSSR count). The van der Waals surface area contributed by atoms with Gasteiger partial charge < -0.3 is 15.3 Å². The normalized spacial score (nSPS) is 15.7. The molecule has 4 heteroatoms. The van der Waals surface area contributed by atoms with Crippen LogP contribution in [0, 0.1) is 0 Å². The summed E-state index contributed by atoms with van der Waals surface area (Å²) in [5.74, 6) is -0.157. The van der Waals surface area contributed by atoms with E-state index in [4.69, 9.17) is 0 Å². The molecule has 0 saturated carbocycles. The Kier molecular flexibility index (Phi) is 5.13. The lowest BCUT2D eigenvalue weighted by atomic mass is 10.0. The first-order valence-corrected chi connectivity index (χ1v) is 8.47. The number of amides is 1. The third kappa shape index (κ3) is 3.82. The number of hydrogen-bond donors (Lipinski definition) is 2. The number of hydrogen-bond acceptors (Lipinski definition) is 3. The molecule has 0 unspecified atom stereocenters. The molecule has 2 N–H and O–H groups in total. The summed E-state index contributed by atoms with van der Waals surface area (Å²) in [5.41, 5.74) is 0.376. The molecule has 1 aliphatic rings. The van der Waals surface area contributed by atoms with E-state index in [-0.39, 0.29) is 11.7 Å². The maximum absolute atomic E-state index is 12.4. The smallest absolute Gasteiger partial charge is 0.255 e. The molecule has 1 fully saturated rings. The first-order valence-electron chi connectivity index (χ1n) is 8.47. The number of aromatic hydroxyl groups is 1. The van der Waals surface area contributed by atoms with E-state index >= 15 is 0 Å². The maximum atomic E-state index is 12.4. The van der Waals surface area contributed by atoms with Gasteiger partial charge in [0.05, 0.1) is 5.56 Å². The Morgan fingerprint density at radius 3 is 2.70 bits per heavy atom. The molecule has 0 aromatic heterocycles. The van der Waals surface area contributed by atoms with Crippen LogP contribution in [0.4, 0.5) is 0 Å². The van der Waals surface area contributed by atoms with Crippen molar-refractivity contribution in [2.75, 3.05) is 26.2 Å². The number of piperidine rings is 1. The van der Waals surface area contributed by atoms with Crippen molar-refractivity contribution in [1.82, 2.24) is 10.2 Å². The molecular formula is C19H24N2O2. The van der Waals surface area contributed by atoms with Crippen LogP contribution in [0.5, 0.6) is 5.75 Å². The van der Waals surface area contributed by atoms with Crippen LogP contribution in [-0.4, -0.2) is 42.1 Å². The van der Waals surface area contributed by atoms with Gasteiger partial charge in [0.25, 0.3) is 5.91 Å². The second-order valence-electron chi connectivity index (χ2n) is 6.19. The van der Waals surface area contributed by atoms with Crippen molar-refractivity contribution in [3.63, 3.8) is 0 Å². The molecule has 0 aliphatic carbocycles. The average molecular weight is 312 g/mol. The second-order valence-corrected chi connectivity index (χ2v) is 6.19. The minimum atomic E-state index is -0.196. The fourth-order valence-corrected chi connectivity index (χ4v) is 3.27. The summed E-state index contributed by atoms with van der Waals surface area (Å²) in [6, 6.07) is 11.1. The molecule has 1 aliphatic heterocycles. The van der Waals surface area contributed by atoms with Crippen LogP contribution in [0.1, 0.15) is 36.0 Å². The molecule has 2 aromatic rings. The van der Waals surface area contributed by atoms with Crippen LogP contribution in [0.2, 0.25) is 0 Å². The highest BCUT2D eigenvalue weighted by Crippen LogP contribution is 2.26. The SMILES string of the molecule is O=C(NCCCN1CCCCC1)c1c(O)ccc2ccccc12. The molecule has 0 bridgehead atoms. The fraction of sp³-hybridized carbons (Fsp3) is 0.421. The molecule has 2 aromatic carbocycles. The number of benzene rings is 2. The fourth-order valence-electron chi connectivity index (χ4n) is 3.27. The zero-order chi connectivity index (χ0) is 16.1. The highest BCUT2D eigenvalue weighted by molar-refractivity contribution is 6.09. The van der Waals surface area contributed by atoms with Gasteiger partial charge in [0.15, 0.2) is 0 Å². The van der Waals surface area contributed by atoms with E-state index in [2.05, 4.69) is 10.2 Å². The number of phenolic OH excluding ortho intramolecular Hbond substituents is 1. The quantitative estimate of drug-likeness (QED) is 0.834. The molecule has 4 nitrogen and oxygen atoms in total. The Balaban J connectivity index is 1.59. The Hall–Kier alpha value is -2.07. The van der Waals surface area contributed by atoms with Crippen molar-refractivity contribution >= 4 is 16.7 Å². The van der Waals surface area contributed by atoms with E-state index < -0.39 is 0 Å².